The molecule has 0 saturated heterocycles. The lowest BCUT2D eigenvalue weighted by molar-refractivity contribution is 0.767. The van der Waals surface area contributed by atoms with E-state index < -0.39 is 0 Å². The minimum atomic E-state index is 0.693. The van der Waals surface area contributed by atoms with Gasteiger partial charge >= 0.3 is 0 Å². The fourth-order valence-corrected chi connectivity index (χ4v) is 0.702. The monoisotopic (exact) mass is 136 g/mol. The molecule has 1 nitrogen and oxygen atoms in total. The molecule has 0 fully saturated rings. The summed E-state index contributed by atoms with van der Waals surface area (Å²) in [6, 6.07) is 2.12. The lowest BCUT2D eigenvalue weighted by atomic mass is 10.2. The Bertz CT molecular complexity index is 119. The van der Waals surface area contributed by atoms with Crippen LogP contribution in [-0.4, -0.2) is 0 Å². The number of rotatable bonds is 5. The average molecular weight is 136 g/mol. The van der Waals surface area contributed by atoms with Gasteiger partial charge in [0.25, 0.3) is 0 Å². The molecule has 0 saturated carbocycles. The Morgan fingerprint density at radius 1 is 1.30 bits per heavy atom. The van der Waals surface area contributed by atoms with Crippen LogP contribution in [0, 0.1) is 18.3 Å². The fourth-order valence-electron chi connectivity index (χ4n) is 0.702. The summed E-state index contributed by atoms with van der Waals surface area (Å²) in [5.74, 6) is 0. The second-order valence-corrected chi connectivity index (χ2v) is 2.16. The van der Waals surface area contributed by atoms with Crippen molar-refractivity contribution in [1.29, 1.82) is 5.26 Å². The van der Waals surface area contributed by atoms with Crippen molar-refractivity contribution in [1.82, 2.24) is 0 Å². The maximum Gasteiger partial charge on any atom is 0.0621 e. The van der Waals surface area contributed by atoms with Crippen LogP contribution < -0.4 is 0 Å². The third-order valence-electron chi connectivity index (χ3n) is 1.24. The first kappa shape index (κ1) is 9.23. The average Bonchev–Trinajstić information content (AvgIpc) is 1.97. The summed E-state index contributed by atoms with van der Waals surface area (Å²) in [6.07, 6.45) is 9.01. The summed E-state index contributed by atoms with van der Waals surface area (Å²) in [6.45, 7) is 3.68. The molecular weight excluding hydrogens is 122 g/mol. The van der Waals surface area contributed by atoms with Crippen LogP contribution in [0.5, 0.6) is 0 Å². The van der Waals surface area contributed by atoms with Crippen molar-refractivity contribution >= 4 is 0 Å². The van der Waals surface area contributed by atoms with Gasteiger partial charge in [0.1, 0.15) is 0 Å². The van der Waals surface area contributed by atoms with E-state index in [1.54, 1.807) is 0 Å². The third-order valence-corrected chi connectivity index (χ3v) is 1.24. The molecule has 0 atom stereocenters. The number of hydrogen-bond donors (Lipinski definition) is 0. The van der Waals surface area contributed by atoms with Crippen LogP contribution in [0.4, 0.5) is 0 Å². The Morgan fingerprint density at radius 2 is 2.10 bits per heavy atom. The highest BCUT2D eigenvalue weighted by Gasteiger charge is 1.82. The van der Waals surface area contributed by atoms with Gasteiger partial charge in [-0.3, -0.25) is 0 Å². The topological polar surface area (TPSA) is 23.8 Å². The minimum Gasteiger partial charge on any atom is -0.198 e. The SMILES string of the molecule is [CH2]C/C=C/CCCCC#N. The number of nitrogens with zero attached hydrogens (tertiary/aromatic N) is 1. The Labute approximate surface area is 63.4 Å². The zero-order valence-corrected chi connectivity index (χ0v) is 6.34. The largest absolute Gasteiger partial charge is 0.198 e. The molecule has 1 radical (unpaired) electrons. The van der Waals surface area contributed by atoms with E-state index in [1.807, 2.05) is 0 Å². The fraction of sp³-hybridized carbons (Fsp3) is 0.556. The van der Waals surface area contributed by atoms with Gasteiger partial charge in [0.15, 0.2) is 0 Å². The quantitative estimate of drug-likeness (QED) is 0.421. The van der Waals surface area contributed by atoms with E-state index >= 15 is 0 Å². The highest BCUT2D eigenvalue weighted by molar-refractivity contribution is 4.82. The van der Waals surface area contributed by atoms with Crippen LogP contribution in [0.3, 0.4) is 0 Å². The molecule has 0 aromatic heterocycles. The molecule has 55 valence electrons. The molecule has 0 bridgehead atoms. The van der Waals surface area contributed by atoms with Crippen LogP contribution >= 0.6 is 0 Å². The molecule has 0 aliphatic heterocycles. The van der Waals surface area contributed by atoms with Crippen LogP contribution in [0.25, 0.3) is 0 Å². The molecule has 0 N–H and O–H groups in total. The molecule has 0 aliphatic rings. The molecule has 0 aromatic carbocycles. The lowest BCUT2D eigenvalue weighted by Gasteiger charge is -1.88. The van der Waals surface area contributed by atoms with E-state index in [1.165, 1.54) is 0 Å². The van der Waals surface area contributed by atoms with Crippen molar-refractivity contribution in [3.05, 3.63) is 19.1 Å². The van der Waals surface area contributed by atoms with E-state index in [4.69, 9.17) is 5.26 Å². The predicted octanol–water partition coefficient (Wildman–Crippen LogP) is 2.85. The highest BCUT2D eigenvalue weighted by Crippen LogP contribution is 1.99. The summed E-state index contributed by atoms with van der Waals surface area (Å²) in [7, 11) is 0. The predicted molar refractivity (Wildman–Crippen MR) is 43.2 cm³/mol. The van der Waals surface area contributed by atoms with Crippen LogP contribution in [-0.2, 0) is 0 Å². The van der Waals surface area contributed by atoms with Crippen LogP contribution in [0.1, 0.15) is 32.1 Å². The van der Waals surface area contributed by atoms with Gasteiger partial charge in [0.05, 0.1) is 6.07 Å². The lowest BCUT2D eigenvalue weighted by Crippen LogP contribution is -1.71. The van der Waals surface area contributed by atoms with Gasteiger partial charge in [-0.05, 0) is 32.6 Å². The Kier molecular flexibility index (Phi) is 7.60. The molecule has 0 amide bonds. The smallest absolute Gasteiger partial charge is 0.0621 e. The second-order valence-electron chi connectivity index (χ2n) is 2.16. The van der Waals surface area contributed by atoms with Crippen molar-refractivity contribution in [3.8, 4) is 6.07 Å². The minimum absolute atomic E-state index is 0.693. The van der Waals surface area contributed by atoms with Crippen molar-refractivity contribution in [2.75, 3.05) is 0 Å². The van der Waals surface area contributed by atoms with Gasteiger partial charge in [0, 0.05) is 6.42 Å². The first-order valence-electron chi connectivity index (χ1n) is 3.73. The van der Waals surface area contributed by atoms with Gasteiger partial charge in [-0.1, -0.05) is 12.2 Å². The summed E-state index contributed by atoms with van der Waals surface area (Å²) in [4.78, 5) is 0. The van der Waals surface area contributed by atoms with E-state index in [2.05, 4.69) is 25.1 Å². The van der Waals surface area contributed by atoms with E-state index in [-0.39, 0.29) is 0 Å². The maximum absolute atomic E-state index is 8.19. The molecule has 0 aliphatic carbocycles. The van der Waals surface area contributed by atoms with Gasteiger partial charge in [-0.15, -0.1) is 0 Å². The van der Waals surface area contributed by atoms with Crippen LogP contribution in [0.15, 0.2) is 12.2 Å². The zero-order chi connectivity index (χ0) is 7.66. The van der Waals surface area contributed by atoms with Crippen molar-refractivity contribution in [2.24, 2.45) is 0 Å². The van der Waals surface area contributed by atoms with E-state index in [0.717, 1.165) is 25.7 Å². The molecule has 10 heavy (non-hydrogen) atoms. The molecule has 0 aromatic rings. The van der Waals surface area contributed by atoms with Crippen molar-refractivity contribution in [2.45, 2.75) is 32.1 Å². The van der Waals surface area contributed by atoms with E-state index in [0.29, 0.717) is 6.42 Å². The summed E-state index contributed by atoms with van der Waals surface area (Å²) < 4.78 is 0. The first-order valence-corrected chi connectivity index (χ1v) is 3.73. The Morgan fingerprint density at radius 3 is 2.70 bits per heavy atom. The molecular formula is C9H14N. The van der Waals surface area contributed by atoms with Crippen molar-refractivity contribution in [3.63, 3.8) is 0 Å². The highest BCUT2D eigenvalue weighted by atomic mass is 14.2. The standard InChI is InChI=1S/C9H14N/c1-2-3-4-5-6-7-8-9-10/h3-4H,1-2,5-8H2/b4-3+. The summed E-state index contributed by atoms with van der Waals surface area (Å²) in [5, 5.41) is 8.19. The molecule has 0 spiro atoms. The second kappa shape index (κ2) is 8.23. The number of allylic oxidation sites excluding steroid dienone is 2. The Balaban J connectivity index is 2.92. The first-order chi connectivity index (χ1) is 4.91. The molecule has 0 unspecified atom stereocenters. The van der Waals surface area contributed by atoms with Gasteiger partial charge in [-0.2, -0.15) is 5.26 Å². The maximum atomic E-state index is 8.19. The van der Waals surface area contributed by atoms with Gasteiger partial charge in [-0.25, -0.2) is 0 Å². The van der Waals surface area contributed by atoms with Crippen LogP contribution in [0.2, 0.25) is 0 Å². The van der Waals surface area contributed by atoms with Crippen molar-refractivity contribution < 1.29 is 0 Å². The zero-order valence-electron chi connectivity index (χ0n) is 6.34. The number of unbranched alkanes of at least 4 members (excludes halogenated alkanes) is 3. The number of nitriles is 1. The molecule has 0 rings (SSSR count). The molecule has 1 heteroatoms. The summed E-state index contributed by atoms with van der Waals surface area (Å²) in [5.41, 5.74) is 0. The molecule has 0 heterocycles. The van der Waals surface area contributed by atoms with Gasteiger partial charge < -0.3 is 0 Å². The normalized spacial score (nSPS) is 10.0. The third kappa shape index (κ3) is 7.23. The van der Waals surface area contributed by atoms with Gasteiger partial charge in [0.2, 0.25) is 0 Å². The summed E-state index contributed by atoms with van der Waals surface area (Å²) >= 11 is 0. The number of hydrogen-bond acceptors (Lipinski definition) is 1. The Hall–Kier alpha value is -0.770. The van der Waals surface area contributed by atoms with E-state index in [9.17, 15) is 0 Å².